The Hall–Kier alpha value is -2.12. The molecule has 1 atom stereocenters. The largest absolute Gasteiger partial charge is 0.361 e. The molecule has 7 nitrogen and oxygen atoms in total. The first-order chi connectivity index (χ1) is 16.7. The number of aromatic nitrogens is 3. The second kappa shape index (κ2) is 11.5. The van der Waals surface area contributed by atoms with Gasteiger partial charge in [0.15, 0.2) is 10.8 Å². The fraction of sp³-hybridized carbons (Fsp3) is 0.364. The van der Waals surface area contributed by atoms with Crippen LogP contribution in [0.25, 0.3) is 0 Å². The summed E-state index contributed by atoms with van der Waals surface area (Å²) < 4.78 is 71.7. The Morgan fingerprint density at radius 2 is 1.89 bits per heavy atom. The summed E-state index contributed by atoms with van der Waals surface area (Å²) in [5.41, 5.74) is -0.508. The number of ether oxygens (including phenoxy) is 1. The molecule has 0 aliphatic heterocycles. The number of alkyl halides is 2. The fourth-order valence-electron chi connectivity index (χ4n) is 3.22. The summed E-state index contributed by atoms with van der Waals surface area (Å²) >= 11 is 6.17. The summed E-state index contributed by atoms with van der Waals surface area (Å²) in [7, 11) is -0.0278. The lowest BCUT2D eigenvalue weighted by molar-refractivity contribution is 0.0847. The van der Waals surface area contributed by atoms with Gasteiger partial charge < -0.3 is 14.6 Å². The van der Waals surface area contributed by atoms with Gasteiger partial charge in [-0.1, -0.05) is 43.4 Å². The van der Waals surface area contributed by atoms with E-state index in [0.717, 1.165) is 12.1 Å². The molecule has 2 aromatic heterocycles. The van der Waals surface area contributed by atoms with Crippen molar-refractivity contribution in [1.82, 2.24) is 14.5 Å². The Labute approximate surface area is 218 Å². The van der Waals surface area contributed by atoms with Crippen LogP contribution >= 0.6 is 22.3 Å². The minimum absolute atomic E-state index is 0.0445. The third-order valence-corrected chi connectivity index (χ3v) is 8.18. The van der Waals surface area contributed by atoms with E-state index in [-0.39, 0.29) is 18.4 Å². The number of benzene rings is 1. The first-order valence-electron chi connectivity index (χ1n) is 10.8. The first kappa shape index (κ1) is 28.4. The van der Waals surface area contributed by atoms with Gasteiger partial charge in [-0.25, -0.2) is 31.6 Å². The zero-order chi connectivity index (χ0) is 26.7. The van der Waals surface area contributed by atoms with Crippen LogP contribution in [0.4, 0.5) is 19.0 Å². The molecule has 3 aromatic rings. The van der Waals surface area contributed by atoms with Crippen molar-refractivity contribution >= 4 is 45.2 Å². The summed E-state index contributed by atoms with van der Waals surface area (Å²) in [6.07, 6.45) is -1.90. The number of nitrogens with zero attached hydrogens (tertiary/aromatic N) is 3. The molecule has 0 bridgehead atoms. The standard InChI is InChI=1S/C22H25Cl2F3N4O3SSi/c1-36(2,3)10-9-34-13-31-12-18(35(24,32)33)30-22(31)19(14-5-4-6-15(23)11-14)28-17-8-7-16(25)20(29-17)21(26)27/h4-8,11-12,19,21H,9-10,13H2,1-3H3,(H,28,29). The molecule has 1 unspecified atom stereocenters. The van der Waals surface area contributed by atoms with Crippen molar-refractivity contribution in [1.29, 1.82) is 0 Å². The topological polar surface area (TPSA) is 86.1 Å². The number of hydrogen-bond donors (Lipinski definition) is 1. The van der Waals surface area contributed by atoms with Gasteiger partial charge in [-0.2, -0.15) is 0 Å². The van der Waals surface area contributed by atoms with E-state index >= 15 is 0 Å². The molecule has 0 aliphatic carbocycles. The predicted octanol–water partition coefficient (Wildman–Crippen LogP) is 6.45. The number of hydrogen-bond acceptors (Lipinski definition) is 6. The van der Waals surface area contributed by atoms with Crippen molar-refractivity contribution < 1.29 is 26.3 Å². The van der Waals surface area contributed by atoms with E-state index in [9.17, 15) is 21.6 Å². The molecule has 14 heteroatoms. The molecule has 0 radical (unpaired) electrons. The monoisotopic (exact) mass is 580 g/mol. The summed E-state index contributed by atoms with van der Waals surface area (Å²) in [5.74, 6) is -1.09. The van der Waals surface area contributed by atoms with E-state index in [1.54, 1.807) is 24.3 Å². The van der Waals surface area contributed by atoms with Crippen LogP contribution in [0.15, 0.2) is 47.6 Å². The Bertz CT molecular complexity index is 1320. The Kier molecular flexibility index (Phi) is 9.09. The third-order valence-electron chi connectivity index (χ3n) is 5.07. The fourth-order valence-corrected chi connectivity index (χ4v) is 4.85. The van der Waals surface area contributed by atoms with E-state index < -0.39 is 46.1 Å². The van der Waals surface area contributed by atoms with Crippen LogP contribution in [0.3, 0.4) is 0 Å². The van der Waals surface area contributed by atoms with Crippen LogP contribution in [0, 0.1) is 5.82 Å². The third kappa shape index (κ3) is 7.69. The molecule has 0 spiro atoms. The van der Waals surface area contributed by atoms with Gasteiger partial charge in [-0.3, -0.25) is 0 Å². The zero-order valence-corrected chi connectivity index (χ0v) is 23.0. The molecule has 0 aliphatic rings. The van der Waals surface area contributed by atoms with Crippen molar-refractivity contribution in [3.63, 3.8) is 0 Å². The normalized spacial score (nSPS) is 13.2. The second-order valence-electron chi connectivity index (χ2n) is 9.19. The molecule has 1 aromatic carbocycles. The van der Waals surface area contributed by atoms with E-state index in [1.165, 1.54) is 16.8 Å². The number of nitrogens with one attached hydrogen (secondary N) is 1. The maximum absolute atomic E-state index is 13.8. The maximum atomic E-state index is 13.8. The Balaban J connectivity index is 2.06. The molecule has 0 saturated carbocycles. The molecule has 0 fully saturated rings. The van der Waals surface area contributed by atoms with E-state index in [0.29, 0.717) is 17.2 Å². The summed E-state index contributed by atoms with van der Waals surface area (Å²) in [4.78, 5) is 7.90. The van der Waals surface area contributed by atoms with E-state index in [2.05, 4.69) is 34.9 Å². The van der Waals surface area contributed by atoms with Gasteiger partial charge in [0.1, 0.15) is 30.1 Å². The van der Waals surface area contributed by atoms with Crippen molar-refractivity contribution in [2.75, 3.05) is 11.9 Å². The van der Waals surface area contributed by atoms with Crippen LogP contribution in [0.5, 0.6) is 0 Å². The highest BCUT2D eigenvalue weighted by Gasteiger charge is 2.27. The van der Waals surface area contributed by atoms with Crippen molar-refractivity contribution in [3.05, 3.63) is 70.5 Å². The lowest BCUT2D eigenvalue weighted by atomic mass is 10.1. The number of rotatable bonds is 11. The number of pyridine rings is 1. The molecule has 3 rings (SSSR count). The molecule has 0 amide bonds. The van der Waals surface area contributed by atoms with Gasteiger partial charge in [0.25, 0.3) is 15.5 Å². The molecule has 2 heterocycles. The lowest BCUT2D eigenvalue weighted by Crippen LogP contribution is -2.23. The van der Waals surface area contributed by atoms with Gasteiger partial charge in [0, 0.05) is 36.6 Å². The molecule has 1 N–H and O–H groups in total. The second-order valence-corrected chi connectivity index (χ2v) is 17.8. The smallest absolute Gasteiger partial charge is 0.283 e. The molecule has 0 saturated heterocycles. The summed E-state index contributed by atoms with van der Waals surface area (Å²) in [6.45, 7) is 6.98. The molecular weight excluding hydrogens is 556 g/mol. The van der Waals surface area contributed by atoms with Crippen LogP contribution in [0.1, 0.15) is 29.5 Å². The van der Waals surface area contributed by atoms with E-state index in [4.69, 9.17) is 27.0 Å². The zero-order valence-electron chi connectivity index (χ0n) is 19.7. The molecule has 36 heavy (non-hydrogen) atoms. The van der Waals surface area contributed by atoms with Gasteiger partial charge in [-0.05, 0) is 35.9 Å². The maximum Gasteiger partial charge on any atom is 0.283 e. The summed E-state index contributed by atoms with van der Waals surface area (Å²) in [6, 6.07) is 8.57. The van der Waals surface area contributed by atoms with E-state index in [1.807, 2.05) is 0 Å². The quantitative estimate of drug-likeness (QED) is 0.159. The first-order valence-corrected chi connectivity index (χ1v) is 17.2. The molecule has 196 valence electrons. The highest BCUT2D eigenvalue weighted by molar-refractivity contribution is 8.13. The minimum Gasteiger partial charge on any atom is -0.361 e. The number of anilines is 1. The highest BCUT2D eigenvalue weighted by atomic mass is 35.7. The van der Waals surface area contributed by atoms with Gasteiger partial charge in [0.2, 0.25) is 0 Å². The summed E-state index contributed by atoms with van der Waals surface area (Å²) in [5, 5.41) is 2.90. The molecular formula is C22H25Cl2F3N4O3SSi. The van der Waals surface area contributed by atoms with Crippen LogP contribution in [-0.2, 0) is 20.5 Å². The van der Waals surface area contributed by atoms with Gasteiger partial charge >= 0.3 is 0 Å². The van der Waals surface area contributed by atoms with Gasteiger partial charge in [-0.15, -0.1) is 0 Å². The van der Waals surface area contributed by atoms with Gasteiger partial charge in [0.05, 0.1) is 0 Å². The van der Waals surface area contributed by atoms with Crippen LogP contribution in [-0.4, -0.2) is 37.6 Å². The predicted molar refractivity (Wildman–Crippen MR) is 135 cm³/mol. The lowest BCUT2D eigenvalue weighted by Gasteiger charge is -2.22. The minimum atomic E-state index is -4.21. The SMILES string of the molecule is C[Si](C)(C)CCOCn1cc(S(=O)(=O)Cl)nc1C(Nc1ccc(F)c(C(F)F)n1)c1cccc(Cl)c1. The Morgan fingerprint density at radius 3 is 2.50 bits per heavy atom. The van der Waals surface area contributed by atoms with Crippen LogP contribution in [0.2, 0.25) is 30.7 Å². The van der Waals surface area contributed by atoms with Crippen molar-refractivity contribution in [2.45, 2.75) is 49.9 Å². The highest BCUT2D eigenvalue weighted by Crippen LogP contribution is 2.30. The average molecular weight is 582 g/mol. The number of imidazole rings is 1. The van der Waals surface area contributed by atoms with Crippen LogP contribution < -0.4 is 5.32 Å². The average Bonchev–Trinajstić information content (AvgIpc) is 3.19. The van der Waals surface area contributed by atoms with Crippen molar-refractivity contribution in [2.24, 2.45) is 0 Å². The number of halogens is 5. The Morgan fingerprint density at radius 1 is 1.17 bits per heavy atom. The van der Waals surface area contributed by atoms with Crippen molar-refractivity contribution in [3.8, 4) is 0 Å².